The maximum atomic E-state index is 12.5. The van der Waals surface area contributed by atoms with Crippen LogP contribution in [0.25, 0.3) is 0 Å². The van der Waals surface area contributed by atoms with E-state index < -0.39 is 17.8 Å². The van der Waals surface area contributed by atoms with Crippen molar-refractivity contribution in [2.24, 2.45) is 0 Å². The quantitative estimate of drug-likeness (QED) is 0.695. The normalized spacial score (nSPS) is 10.1. The Morgan fingerprint density at radius 2 is 1.52 bits per heavy atom. The summed E-state index contributed by atoms with van der Waals surface area (Å²) < 4.78 is 15.4. The van der Waals surface area contributed by atoms with E-state index >= 15 is 0 Å². The highest BCUT2D eigenvalue weighted by atomic mass is 79.9. The number of esters is 2. The first-order chi connectivity index (χ1) is 12.9. The molecule has 0 aromatic heterocycles. The number of carbonyl (C=O) groups is 3. The molecule has 2 rings (SSSR count). The van der Waals surface area contributed by atoms with Gasteiger partial charge in [0.25, 0.3) is 5.91 Å². The van der Waals surface area contributed by atoms with Crippen LogP contribution in [0.2, 0.25) is 0 Å². The van der Waals surface area contributed by atoms with Crippen molar-refractivity contribution >= 4 is 39.5 Å². The molecule has 0 heterocycles. The molecular formula is C19H18BrNO6. The largest absolute Gasteiger partial charge is 0.493 e. The van der Waals surface area contributed by atoms with E-state index in [-0.39, 0.29) is 16.8 Å². The molecule has 27 heavy (non-hydrogen) atoms. The summed E-state index contributed by atoms with van der Waals surface area (Å²) in [6, 6.07) is 9.07. The van der Waals surface area contributed by atoms with Gasteiger partial charge in [0.05, 0.1) is 36.4 Å². The summed E-state index contributed by atoms with van der Waals surface area (Å²) in [6.45, 7) is 2.36. The number of methoxy groups -OCH3 is 2. The van der Waals surface area contributed by atoms with Crippen LogP contribution in [-0.2, 0) is 9.47 Å². The van der Waals surface area contributed by atoms with E-state index in [0.717, 1.165) is 0 Å². The molecule has 0 fully saturated rings. The summed E-state index contributed by atoms with van der Waals surface area (Å²) in [4.78, 5) is 36.2. The number of amides is 1. The van der Waals surface area contributed by atoms with Crippen LogP contribution in [0.1, 0.15) is 38.0 Å². The Hall–Kier alpha value is -2.87. The fourth-order valence-electron chi connectivity index (χ4n) is 2.29. The van der Waals surface area contributed by atoms with Gasteiger partial charge in [-0.2, -0.15) is 0 Å². The Morgan fingerprint density at radius 3 is 2.00 bits per heavy atom. The van der Waals surface area contributed by atoms with Crippen molar-refractivity contribution in [3.8, 4) is 5.75 Å². The second kappa shape index (κ2) is 9.18. The lowest BCUT2D eigenvalue weighted by Gasteiger charge is -2.11. The zero-order valence-corrected chi connectivity index (χ0v) is 16.6. The molecule has 0 aliphatic rings. The molecular weight excluding hydrogens is 418 g/mol. The molecule has 1 amide bonds. The van der Waals surface area contributed by atoms with Gasteiger partial charge in [0.2, 0.25) is 0 Å². The number of benzene rings is 2. The molecule has 0 saturated carbocycles. The third-order valence-corrected chi connectivity index (χ3v) is 4.15. The van der Waals surface area contributed by atoms with Gasteiger partial charge in [0, 0.05) is 11.3 Å². The topological polar surface area (TPSA) is 90.9 Å². The predicted molar refractivity (Wildman–Crippen MR) is 102 cm³/mol. The molecule has 0 spiro atoms. The van der Waals surface area contributed by atoms with E-state index in [1.165, 1.54) is 32.4 Å². The van der Waals surface area contributed by atoms with Gasteiger partial charge in [-0.1, -0.05) is 0 Å². The third kappa shape index (κ3) is 5.07. The van der Waals surface area contributed by atoms with E-state index in [2.05, 4.69) is 30.7 Å². The first kappa shape index (κ1) is 20.4. The lowest BCUT2D eigenvalue weighted by Crippen LogP contribution is -2.14. The van der Waals surface area contributed by atoms with E-state index in [9.17, 15) is 14.4 Å². The van der Waals surface area contributed by atoms with Crippen LogP contribution in [0.4, 0.5) is 5.69 Å². The minimum Gasteiger partial charge on any atom is -0.493 e. The van der Waals surface area contributed by atoms with Crippen LogP contribution in [0, 0.1) is 0 Å². The van der Waals surface area contributed by atoms with E-state index in [0.29, 0.717) is 22.4 Å². The first-order valence-electron chi connectivity index (χ1n) is 7.95. The lowest BCUT2D eigenvalue weighted by molar-refractivity contribution is 0.0599. The van der Waals surface area contributed by atoms with Gasteiger partial charge in [-0.05, 0) is 59.3 Å². The second-order valence-corrected chi connectivity index (χ2v) is 6.17. The maximum Gasteiger partial charge on any atom is 0.337 e. The molecule has 1 N–H and O–H groups in total. The summed E-state index contributed by atoms with van der Waals surface area (Å²) in [5.74, 6) is -1.08. The molecule has 7 nitrogen and oxygen atoms in total. The molecule has 0 atom stereocenters. The first-order valence-corrected chi connectivity index (χ1v) is 8.74. The van der Waals surface area contributed by atoms with E-state index in [1.807, 2.05) is 6.92 Å². The number of hydrogen-bond acceptors (Lipinski definition) is 6. The smallest absolute Gasteiger partial charge is 0.337 e. The molecule has 2 aromatic rings. The number of carbonyl (C=O) groups excluding carboxylic acids is 3. The Labute approximate surface area is 164 Å². The number of nitrogens with one attached hydrogen (secondary N) is 1. The zero-order chi connectivity index (χ0) is 20.0. The summed E-state index contributed by atoms with van der Waals surface area (Å²) in [5, 5.41) is 2.66. The van der Waals surface area contributed by atoms with Crippen LogP contribution in [0.3, 0.4) is 0 Å². The van der Waals surface area contributed by atoms with Crippen LogP contribution in [-0.4, -0.2) is 38.7 Å². The summed E-state index contributed by atoms with van der Waals surface area (Å²) in [7, 11) is 2.45. The summed E-state index contributed by atoms with van der Waals surface area (Å²) in [6.07, 6.45) is 0. The molecule has 0 radical (unpaired) electrons. The maximum absolute atomic E-state index is 12.5. The second-order valence-electron chi connectivity index (χ2n) is 5.31. The Balaban J connectivity index is 2.32. The molecule has 2 aromatic carbocycles. The Bertz CT molecular complexity index is 846. The fraction of sp³-hybridized carbons (Fsp3) is 0.211. The summed E-state index contributed by atoms with van der Waals surface area (Å²) >= 11 is 3.35. The molecule has 142 valence electrons. The number of hydrogen-bond donors (Lipinski definition) is 1. The molecule has 8 heteroatoms. The molecule has 0 unspecified atom stereocenters. The number of anilines is 1. The van der Waals surface area contributed by atoms with E-state index in [1.54, 1.807) is 18.2 Å². The number of halogens is 1. The standard InChI is InChI=1S/C19H18BrNO6/c1-4-27-16-6-5-11(10-15(16)20)17(22)21-14-8-12(18(23)25-2)7-13(9-14)19(24)26-3/h5-10H,4H2,1-3H3,(H,21,22). The lowest BCUT2D eigenvalue weighted by atomic mass is 10.1. The van der Waals surface area contributed by atoms with E-state index in [4.69, 9.17) is 4.74 Å². The highest BCUT2D eigenvalue weighted by Gasteiger charge is 2.16. The van der Waals surface area contributed by atoms with Crippen molar-refractivity contribution in [1.82, 2.24) is 0 Å². The van der Waals surface area contributed by atoms with Gasteiger partial charge in [-0.3, -0.25) is 4.79 Å². The molecule has 0 bridgehead atoms. The van der Waals surface area contributed by atoms with Crippen molar-refractivity contribution < 1.29 is 28.6 Å². The average Bonchev–Trinajstić information content (AvgIpc) is 2.67. The van der Waals surface area contributed by atoms with Crippen LogP contribution in [0.15, 0.2) is 40.9 Å². The van der Waals surface area contributed by atoms with Crippen molar-refractivity contribution in [2.45, 2.75) is 6.92 Å². The van der Waals surface area contributed by atoms with Gasteiger partial charge < -0.3 is 19.5 Å². The minimum absolute atomic E-state index is 0.114. The van der Waals surface area contributed by atoms with Crippen LogP contribution in [0.5, 0.6) is 5.75 Å². The van der Waals surface area contributed by atoms with Gasteiger partial charge in [0.1, 0.15) is 5.75 Å². The third-order valence-electron chi connectivity index (χ3n) is 3.53. The Kier molecular flexibility index (Phi) is 6.95. The molecule has 0 aliphatic heterocycles. The molecule has 0 aliphatic carbocycles. The summed E-state index contributed by atoms with van der Waals surface area (Å²) in [5.41, 5.74) is 0.855. The SMILES string of the molecule is CCOc1ccc(C(=O)Nc2cc(C(=O)OC)cc(C(=O)OC)c2)cc1Br. The number of ether oxygens (including phenoxy) is 3. The van der Waals surface area contributed by atoms with Crippen LogP contribution >= 0.6 is 15.9 Å². The van der Waals surface area contributed by atoms with Crippen molar-refractivity contribution in [3.05, 3.63) is 57.6 Å². The minimum atomic E-state index is -0.639. The van der Waals surface area contributed by atoms with Crippen molar-refractivity contribution in [1.29, 1.82) is 0 Å². The van der Waals surface area contributed by atoms with Crippen molar-refractivity contribution in [3.63, 3.8) is 0 Å². The zero-order valence-electron chi connectivity index (χ0n) is 15.0. The monoisotopic (exact) mass is 435 g/mol. The number of rotatable bonds is 6. The highest BCUT2D eigenvalue weighted by Crippen LogP contribution is 2.26. The van der Waals surface area contributed by atoms with Crippen LogP contribution < -0.4 is 10.1 Å². The van der Waals surface area contributed by atoms with Crippen molar-refractivity contribution in [2.75, 3.05) is 26.1 Å². The fourth-order valence-corrected chi connectivity index (χ4v) is 2.78. The molecule has 0 saturated heterocycles. The van der Waals surface area contributed by atoms with Gasteiger partial charge >= 0.3 is 11.9 Å². The Morgan fingerprint density at radius 1 is 0.926 bits per heavy atom. The average molecular weight is 436 g/mol. The predicted octanol–water partition coefficient (Wildman–Crippen LogP) is 3.67. The van der Waals surface area contributed by atoms with Gasteiger partial charge in [-0.25, -0.2) is 9.59 Å². The van der Waals surface area contributed by atoms with Gasteiger partial charge in [-0.15, -0.1) is 0 Å². The van der Waals surface area contributed by atoms with Gasteiger partial charge in [0.15, 0.2) is 0 Å². The highest BCUT2D eigenvalue weighted by molar-refractivity contribution is 9.10.